The number of carboxylic acids is 1. The minimum Gasteiger partial charge on any atom is -0.476 e. The van der Waals surface area contributed by atoms with Gasteiger partial charge < -0.3 is 10.0 Å². The fourth-order valence-corrected chi connectivity index (χ4v) is 6.29. The summed E-state index contributed by atoms with van der Waals surface area (Å²) in [6.07, 6.45) is 3.19. The third-order valence-electron chi connectivity index (χ3n) is 7.42. The van der Waals surface area contributed by atoms with Gasteiger partial charge in [0.1, 0.15) is 5.82 Å². The molecule has 4 heterocycles. The van der Waals surface area contributed by atoms with E-state index in [0.717, 1.165) is 71.7 Å². The number of nitrogens with zero attached hydrogens (tertiary/aromatic N) is 4. The molecule has 0 unspecified atom stereocenters. The van der Waals surface area contributed by atoms with Crippen LogP contribution in [0.5, 0.6) is 0 Å². The fourth-order valence-electron chi connectivity index (χ4n) is 5.46. The highest BCUT2D eigenvalue weighted by molar-refractivity contribution is 7.17. The number of rotatable bonds is 6. The van der Waals surface area contributed by atoms with Crippen molar-refractivity contribution in [2.24, 2.45) is 0 Å². The van der Waals surface area contributed by atoms with Crippen LogP contribution in [0.1, 0.15) is 28.0 Å². The maximum Gasteiger partial charge on any atom is 0.356 e. The largest absolute Gasteiger partial charge is 0.476 e. The Labute approximate surface area is 223 Å². The van der Waals surface area contributed by atoms with Crippen molar-refractivity contribution < 1.29 is 19.1 Å². The van der Waals surface area contributed by atoms with Crippen molar-refractivity contribution in [1.29, 1.82) is 0 Å². The van der Waals surface area contributed by atoms with Crippen molar-refractivity contribution in [3.8, 4) is 0 Å². The zero-order chi connectivity index (χ0) is 26.2. The molecule has 194 valence electrons. The second-order valence-corrected chi connectivity index (χ2v) is 10.7. The maximum absolute atomic E-state index is 14.2. The number of benzene rings is 2. The van der Waals surface area contributed by atoms with E-state index in [4.69, 9.17) is 0 Å². The number of carbonyl (C=O) groups excluding carboxylic acids is 1. The summed E-state index contributed by atoms with van der Waals surface area (Å²) in [5, 5.41) is 12.7. The Bertz CT molecular complexity index is 1530. The van der Waals surface area contributed by atoms with E-state index in [9.17, 15) is 19.1 Å². The summed E-state index contributed by atoms with van der Waals surface area (Å²) in [4.78, 5) is 34.9. The minimum atomic E-state index is -1.16. The van der Waals surface area contributed by atoms with E-state index < -0.39 is 5.97 Å². The van der Waals surface area contributed by atoms with Crippen LogP contribution in [0, 0.1) is 5.82 Å². The smallest absolute Gasteiger partial charge is 0.356 e. The Balaban J connectivity index is 1.15. The van der Waals surface area contributed by atoms with Crippen LogP contribution < -0.4 is 9.80 Å². The van der Waals surface area contributed by atoms with Crippen LogP contribution in [-0.2, 0) is 17.6 Å². The summed E-state index contributed by atoms with van der Waals surface area (Å²) in [7, 11) is 0. The lowest BCUT2D eigenvalue weighted by molar-refractivity contribution is -0.118. The SMILES string of the molecule is O=C(O)c1ncccc1N1C(=O)CCc2ccc(CCN3CCN(c4cc(F)cc5sccc45)CC3)cc21. The molecule has 1 saturated heterocycles. The quantitative estimate of drug-likeness (QED) is 0.373. The second-order valence-electron chi connectivity index (χ2n) is 9.70. The number of piperazine rings is 1. The summed E-state index contributed by atoms with van der Waals surface area (Å²) in [6.45, 7) is 4.30. The predicted molar refractivity (Wildman–Crippen MR) is 147 cm³/mol. The first kappa shape index (κ1) is 24.5. The number of fused-ring (bicyclic) bond motifs is 2. The molecule has 0 radical (unpaired) electrons. The van der Waals surface area contributed by atoms with Gasteiger partial charge in [-0.1, -0.05) is 12.1 Å². The number of amides is 1. The number of anilines is 3. The number of hydrogen-bond donors (Lipinski definition) is 1. The highest BCUT2D eigenvalue weighted by atomic mass is 32.1. The van der Waals surface area contributed by atoms with Crippen LogP contribution in [0.15, 0.2) is 60.1 Å². The number of pyridine rings is 1. The molecular formula is C29H27FN4O3S. The van der Waals surface area contributed by atoms with Crippen molar-refractivity contribution in [3.63, 3.8) is 0 Å². The number of aromatic nitrogens is 1. The Morgan fingerprint density at radius 3 is 2.66 bits per heavy atom. The maximum atomic E-state index is 14.2. The normalized spacial score (nSPS) is 16.2. The lowest BCUT2D eigenvalue weighted by Gasteiger charge is -2.36. The Morgan fingerprint density at radius 2 is 1.84 bits per heavy atom. The summed E-state index contributed by atoms with van der Waals surface area (Å²) in [5.41, 5.74) is 4.00. The molecule has 2 aromatic carbocycles. The van der Waals surface area contributed by atoms with Gasteiger partial charge in [0.05, 0.1) is 11.4 Å². The zero-order valence-electron chi connectivity index (χ0n) is 20.8. The summed E-state index contributed by atoms with van der Waals surface area (Å²) < 4.78 is 15.1. The monoisotopic (exact) mass is 530 g/mol. The molecule has 4 aromatic rings. The molecule has 0 atom stereocenters. The summed E-state index contributed by atoms with van der Waals surface area (Å²) >= 11 is 1.56. The van der Waals surface area contributed by atoms with Crippen LogP contribution in [0.3, 0.4) is 0 Å². The molecule has 0 saturated carbocycles. The first-order chi connectivity index (χ1) is 18.5. The first-order valence-electron chi connectivity index (χ1n) is 12.7. The van der Waals surface area contributed by atoms with Gasteiger partial charge in [0.15, 0.2) is 5.69 Å². The lowest BCUT2D eigenvalue weighted by atomic mass is 9.97. The number of aromatic carboxylic acids is 1. The average molecular weight is 531 g/mol. The predicted octanol–water partition coefficient (Wildman–Crippen LogP) is 5.11. The molecule has 6 rings (SSSR count). The highest BCUT2D eigenvalue weighted by Gasteiger charge is 2.29. The molecular weight excluding hydrogens is 503 g/mol. The Hall–Kier alpha value is -3.82. The Kier molecular flexibility index (Phi) is 6.55. The van der Waals surface area contributed by atoms with E-state index in [1.807, 2.05) is 11.4 Å². The molecule has 0 spiro atoms. The molecule has 0 bridgehead atoms. The molecule has 1 fully saturated rings. The van der Waals surface area contributed by atoms with Crippen LogP contribution in [0.25, 0.3) is 10.1 Å². The van der Waals surface area contributed by atoms with Crippen molar-refractivity contribution in [2.45, 2.75) is 19.3 Å². The molecule has 9 heteroatoms. The molecule has 38 heavy (non-hydrogen) atoms. The molecule has 7 nitrogen and oxygen atoms in total. The van der Waals surface area contributed by atoms with Crippen LogP contribution in [0.2, 0.25) is 0 Å². The van der Waals surface area contributed by atoms with Gasteiger partial charge in [-0.05, 0) is 65.7 Å². The summed E-state index contributed by atoms with van der Waals surface area (Å²) in [5.74, 6) is -1.48. The van der Waals surface area contributed by atoms with Crippen LogP contribution >= 0.6 is 11.3 Å². The molecule has 0 aliphatic carbocycles. The fraction of sp³-hybridized carbons (Fsp3) is 0.276. The van der Waals surface area contributed by atoms with Gasteiger partial charge >= 0.3 is 5.97 Å². The third-order valence-corrected chi connectivity index (χ3v) is 8.29. The average Bonchev–Trinajstić information content (AvgIpc) is 3.40. The lowest BCUT2D eigenvalue weighted by Crippen LogP contribution is -2.47. The van der Waals surface area contributed by atoms with E-state index >= 15 is 0 Å². The molecule has 1 N–H and O–H groups in total. The van der Waals surface area contributed by atoms with Crippen LogP contribution in [0.4, 0.5) is 21.5 Å². The van der Waals surface area contributed by atoms with E-state index in [0.29, 0.717) is 18.5 Å². The highest BCUT2D eigenvalue weighted by Crippen LogP contribution is 2.37. The molecule has 1 amide bonds. The topological polar surface area (TPSA) is 77.0 Å². The Morgan fingerprint density at radius 1 is 1.00 bits per heavy atom. The van der Waals surface area contributed by atoms with E-state index in [-0.39, 0.29) is 17.4 Å². The van der Waals surface area contributed by atoms with E-state index in [1.54, 1.807) is 35.6 Å². The number of thiophene rings is 1. The van der Waals surface area contributed by atoms with Gasteiger partial charge in [-0.2, -0.15) is 0 Å². The van der Waals surface area contributed by atoms with Gasteiger partial charge in [0, 0.05) is 61.1 Å². The standard InChI is InChI=1S/C29H27FN4O3S/c30-21-17-25(22-8-15-38-26(22)18-21)33-13-11-32(12-14-33)10-7-19-3-4-20-5-6-27(35)34(24(20)16-19)23-2-1-9-31-28(23)29(36)37/h1-4,8-9,15-18H,5-7,10-14H2,(H,36,37). The summed E-state index contributed by atoms with van der Waals surface area (Å²) in [6, 6.07) is 14.8. The van der Waals surface area contributed by atoms with Gasteiger partial charge in [-0.15, -0.1) is 11.3 Å². The number of carbonyl (C=O) groups is 2. The molecule has 2 aromatic heterocycles. The second kappa shape index (κ2) is 10.2. The third kappa shape index (κ3) is 4.63. The van der Waals surface area contributed by atoms with Crippen molar-refractivity contribution in [1.82, 2.24) is 9.88 Å². The van der Waals surface area contributed by atoms with Gasteiger partial charge in [-0.3, -0.25) is 14.6 Å². The van der Waals surface area contributed by atoms with Crippen molar-refractivity contribution in [2.75, 3.05) is 42.5 Å². The number of halogens is 1. The van der Waals surface area contributed by atoms with Crippen LogP contribution in [-0.4, -0.2) is 59.6 Å². The number of carboxylic acid groups (broad SMARTS) is 1. The number of aryl methyl sites for hydroxylation is 1. The molecule has 2 aliphatic heterocycles. The number of hydrogen-bond acceptors (Lipinski definition) is 6. The first-order valence-corrected chi connectivity index (χ1v) is 13.6. The molecule has 2 aliphatic rings. The van der Waals surface area contributed by atoms with Crippen molar-refractivity contribution >= 4 is 50.4 Å². The van der Waals surface area contributed by atoms with Crippen molar-refractivity contribution in [3.05, 3.63) is 82.7 Å². The van der Waals surface area contributed by atoms with Gasteiger partial charge in [-0.25, -0.2) is 14.2 Å². The zero-order valence-corrected chi connectivity index (χ0v) is 21.6. The van der Waals surface area contributed by atoms with E-state index in [2.05, 4.69) is 33.0 Å². The minimum absolute atomic E-state index is 0.127. The van der Waals surface area contributed by atoms with Gasteiger partial charge in [0.25, 0.3) is 0 Å². The van der Waals surface area contributed by atoms with Gasteiger partial charge in [0.2, 0.25) is 5.91 Å². The van der Waals surface area contributed by atoms with E-state index in [1.165, 1.54) is 11.1 Å².